The van der Waals surface area contributed by atoms with Crippen molar-refractivity contribution >= 4 is 17.2 Å². The first-order valence-electron chi connectivity index (χ1n) is 9.80. The molecule has 2 aromatic heterocycles. The van der Waals surface area contributed by atoms with Crippen LogP contribution in [0.4, 0.5) is 4.39 Å². The fraction of sp³-hybridized carbons (Fsp3) is 0.125. The van der Waals surface area contributed by atoms with E-state index in [1.807, 2.05) is 42.5 Å². The highest BCUT2D eigenvalue weighted by Gasteiger charge is 2.15. The number of hydrogen-bond donors (Lipinski definition) is 1. The maximum Gasteiger partial charge on any atom is 0.270 e. The Bertz CT molecular complexity index is 1160. The maximum atomic E-state index is 13.9. The van der Waals surface area contributed by atoms with Gasteiger partial charge in [-0.1, -0.05) is 36.4 Å². The minimum absolute atomic E-state index is 0.107. The Hall–Kier alpha value is -3.58. The molecular formula is C24H20FN3O2S. The van der Waals surface area contributed by atoms with Crippen molar-refractivity contribution in [2.75, 3.05) is 6.54 Å². The zero-order valence-corrected chi connectivity index (χ0v) is 17.4. The summed E-state index contributed by atoms with van der Waals surface area (Å²) < 4.78 is 19.7. The normalized spacial score (nSPS) is 10.6. The molecule has 2 aromatic carbocycles. The van der Waals surface area contributed by atoms with Gasteiger partial charge in [-0.15, -0.1) is 11.3 Å². The molecule has 0 bridgehead atoms. The van der Waals surface area contributed by atoms with E-state index in [9.17, 15) is 9.18 Å². The van der Waals surface area contributed by atoms with Crippen LogP contribution in [0.3, 0.4) is 0 Å². The first-order chi connectivity index (χ1) is 15.2. The number of pyridine rings is 1. The van der Waals surface area contributed by atoms with E-state index in [1.54, 1.807) is 29.8 Å². The second-order valence-corrected chi connectivity index (χ2v) is 7.60. The monoisotopic (exact) mass is 433 g/mol. The predicted molar refractivity (Wildman–Crippen MR) is 119 cm³/mol. The van der Waals surface area contributed by atoms with E-state index >= 15 is 0 Å². The number of thiazole rings is 1. The minimum Gasteiger partial charge on any atom is -0.488 e. The second-order valence-electron chi connectivity index (χ2n) is 6.74. The lowest BCUT2D eigenvalue weighted by molar-refractivity contribution is 0.0950. The van der Waals surface area contributed by atoms with Crippen molar-refractivity contribution in [3.05, 3.63) is 101 Å². The van der Waals surface area contributed by atoms with E-state index in [1.165, 1.54) is 17.4 Å². The van der Waals surface area contributed by atoms with Gasteiger partial charge in [-0.3, -0.25) is 9.78 Å². The molecular weight excluding hydrogens is 413 g/mol. The molecule has 0 spiro atoms. The molecule has 4 aromatic rings. The molecule has 0 saturated heterocycles. The molecule has 7 heteroatoms. The molecule has 0 atom stereocenters. The quantitative estimate of drug-likeness (QED) is 0.429. The van der Waals surface area contributed by atoms with E-state index in [0.717, 1.165) is 11.3 Å². The number of ether oxygens (including phenoxy) is 1. The highest BCUT2D eigenvalue weighted by Crippen LogP contribution is 2.32. The topological polar surface area (TPSA) is 64.1 Å². The number of rotatable bonds is 8. The van der Waals surface area contributed by atoms with Gasteiger partial charge in [0.05, 0.1) is 5.56 Å². The molecule has 0 radical (unpaired) electrons. The van der Waals surface area contributed by atoms with Gasteiger partial charge in [0, 0.05) is 35.8 Å². The summed E-state index contributed by atoms with van der Waals surface area (Å²) in [5.41, 5.74) is 2.51. The summed E-state index contributed by atoms with van der Waals surface area (Å²) in [6.07, 6.45) is 2.38. The Morgan fingerprint density at radius 1 is 1.03 bits per heavy atom. The smallest absolute Gasteiger partial charge is 0.270 e. The molecule has 0 fully saturated rings. The SMILES string of the molecule is O=C(NCCc1ccccn1)c1csc(-c2ccccc2OCc2ccccc2F)n1. The van der Waals surface area contributed by atoms with Crippen LogP contribution in [-0.2, 0) is 13.0 Å². The Morgan fingerprint density at radius 3 is 2.68 bits per heavy atom. The second kappa shape index (κ2) is 9.95. The first-order valence-corrected chi connectivity index (χ1v) is 10.7. The third-order valence-electron chi connectivity index (χ3n) is 4.59. The third-order valence-corrected chi connectivity index (χ3v) is 5.46. The Balaban J connectivity index is 1.41. The van der Waals surface area contributed by atoms with Crippen molar-refractivity contribution in [2.45, 2.75) is 13.0 Å². The minimum atomic E-state index is -0.307. The fourth-order valence-corrected chi connectivity index (χ4v) is 3.81. The zero-order chi connectivity index (χ0) is 21.5. The number of benzene rings is 2. The van der Waals surface area contributed by atoms with Crippen molar-refractivity contribution in [1.82, 2.24) is 15.3 Å². The zero-order valence-electron chi connectivity index (χ0n) is 16.6. The van der Waals surface area contributed by atoms with Crippen molar-refractivity contribution in [3.8, 4) is 16.3 Å². The van der Waals surface area contributed by atoms with Gasteiger partial charge in [-0.05, 0) is 30.3 Å². The van der Waals surface area contributed by atoms with Crippen LogP contribution in [0.1, 0.15) is 21.7 Å². The summed E-state index contributed by atoms with van der Waals surface area (Å²) in [6, 6.07) is 19.6. The van der Waals surface area contributed by atoms with E-state index < -0.39 is 0 Å². The summed E-state index contributed by atoms with van der Waals surface area (Å²) in [6.45, 7) is 0.584. The predicted octanol–water partition coefficient (Wildman–Crippen LogP) is 4.90. The number of carbonyl (C=O) groups excluding carboxylic acids is 1. The van der Waals surface area contributed by atoms with Crippen molar-refractivity contribution in [3.63, 3.8) is 0 Å². The number of nitrogens with one attached hydrogen (secondary N) is 1. The van der Waals surface area contributed by atoms with E-state index in [-0.39, 0.29) is 18.3 Å². The average molecular weight is 434 g/mol. The summed E-state index contributed by atoms with van der Waals surface area (Å²) in [5.74, 6) is 0.0456. The summed E-state index contributed by atoms with van der Waals surface area (Å²) in [4.78, 5) is 21.2. The van der Waals surface area contributed by atoms with Crippen LogP contribution in [0.15, 0.2) is 78.3 Å². The van der Waals surface area contributed by atoms with Crippen LogP contribution in [-0.4, -0.2) is 22.4 Å². The molecule has 31 heavy (non-hydrogen) atoms. The molecule has 1 amide bonds. The average Bonchev–Trinajstić information content (AvgIpc) is 3.30. The molecule has 4 rings (SSSR count). The van der Waals surface area contributed by atoms with Crippen LogP contribution >= 0.6 is 11.3 Å². The lowest BCUT2D eigenvalue weighted by atomic mass is 10.2. The van der Waals surface area contributed by atoms with Gasteiger partial charge in [0.25, 0.3) is 5.91 Å². The fourth-order valence-electron chi connectivity index (χ4n) is 2.98. The summed E-state index contributed by atoms with van der Waals surface area (Å²) >= 11 is 1.36. The molecule has 0 aliphatic rings. The number of nitrogens with zero attached hydrogens (tertiary/aromatic N) is 2. The molecule has 1 N–H and O–H groups in total. The molecule has 0 saturated carbocycles. The van der Waals surface area contributed by atoms with Crippen LogP contribution in [0, 0.1) is 5.82 Å². The number of hydrogen-bond acceptors (Lipinski definition) is 5. The van der Waals surface area contributed by atoms with E-state index in [2.05, 4.69) is 15.3 Å². The molecule has 0 aliphatic carbocycles. The van der Waals surface area contributed by atoms with Crippen molar-refractivity contribution in [1.29, 1.82) is 0 Å². The molecule has 0 aliphatic heterocycles. The number of para-hydroxylation sites is 1. The van der Waals surface area contributed by atoms with E-state index in [4.69, 9.17) is 4.74 Å². The van der Waals surface area contributed by atoms with Crippen LogP contribution in [0.2, 0.25) is 0 Å². The summed E-state index contributed by atoms with van der Waals surface area (Å²) in [5, 5.41) is 5.26. The molecule has 5 nitrogen and oxygen atoms in total. The van der Waals surface area contributed by atoms with Gasteiger partial charge in [0.1, 0.15) is 28.9 Å². The van der Waals surface area contributed by atoms with Gasteiger partial charge in [-0.25, -0.2) is 9.37 Å². The van der Waals surface area contributed by atoms with Crippen LogP contribution in [0.5, 0.6) is 5.75 Å². The number of amides is 1. The largest absolute Gasteiger partial charge is 0.488 e. The standard InChI is InChI=1S/C24H20FN3O2S/c25-20-10-3-1-7-17(20)15-30-22-11-4-2-9-19(22)24-28-21(16-31-24)23(29)27-14-12-18-8-5-6-13-26-18/h1-11,13,16H,12,14-15H2,(H,27,29). The van der Waals surface area contributed by atoms with Gasteiger partial charge in [0.2, 0.25) is 0 Å². The van der Waals surface area contributed by atoms with Gasteiger partial charge in [0.15, 0.2) is 0 Å². The van der Waals surface area contributed by atoms with Crippen LogP contribution in [0.25, 0.3) is 10.6 Å². The number of halogens is 1. The Morgan fingerprint density at radius 2 is 1.84 bits per heavy atom. The highest BCUT2D eigenvalue weighted by atomic mass is 32.1. The van der Waals surface area contributed by atoms with Gasteiger partial charge < -0.3 is 10.1 Å². The highest BCUT2D eigenvalue weighted by molar-refractivity contribution is 7.13. The van der Waals surface area contributed by atoms with Crippen LogP contribution < -0.4 is 10.1 Å². The van der Waals surface area contributed by atoms with E-state index in [0.29, 0.717) is 35.0 Å². The maximum absolute atomic E-state index is 13.9. The lowest BCUT2D eigenvalue weighted by Crippen LogP contribution is -2.26. The van der Waals surface area contributed by atoms with Crippen molar-refractivity contribution < 1.29 is 13.9 Å². The van der Waals surface area contributed by atoms with Crippen molar-refractivity contribution in [2.24, 2.45) is 0 Å². The Labute approximate surface area is 183 Å². The Kier molecular flexibility index (Phi) is 6.64. The third kappa shape index (κ3) is 5.32. The first kappa shape index (κ1) is 20.7. The molecule has 0 unspecified atom stereocenters. The summed E-state index contributed by atoms with van der Waals surface area (Å²) in [7, 11) is 0. The number of aromatic nitrogens is 2. The van der Waals surface area contributed by atoms with Gasteiger partial charge >= 0.3 is 0 Å². The lowest BCUT2D eigenvalue weighted by Gasteiger charge is -2.10. The molecule has 156 valence electrons. The number of carbonyl (C=O) groups is 1. The molecule has 2 heterocycles. The van der Waals surface area contributed by atoms with Gasteiger partial charge in [-0.2, -0.15) is 0 Å².